The Morgan fingerprint density at radius 2 is 2.06 bits per heavy atom. The van der Waals surface area contributed by atoms with Crippen molar-refractivity contribution in [1.29, 1.82) is 0 Å². The Kier molecular flexibility index (Phi) is 5.71. The van der Waals surface area contributed by atoms with E-state index in [-0.39, 0.29) is 0 Å². The Morgan fingerprint density at radius 1 is 1.35 bits per heavy atom. The van der Waals surface area contributed by atoms with Gasteiger partial charge in [0, 0.05) is 31.4 Å². The van der Waals surface area contributed by atoms with E-state index in [1.54, 1.807) is 18.9 Å². The maximum Gasteiger partial charge on any atom is 0.134 e. The van der Waals surface area contributed by atoms with Gasteiger partial charge in [0.15, 0.2) is 0 Å². The second-order valence-electron chi connectivity index (χ2n) is 4.11. The van der Waals surface area contributed by atoms with Crippen LogP contribution in [0.1, 0.15) is 31.2 Å². The molecular weight excluding hydrogens is 234 g/mol. The van der Waals surface area contributed by atoms with Gasteiger partial charge in [0.25, 0.3) is 0 Å². The van der Waals surface area contributed by atoms with Crippen molar-refractivity contribution >= 4 is 17.6 Å². The van der Waals surface area contributed by atoms with Crippen LogP contribution < -0.4 is 5.32 Å². The van der Waals surface area contributed by atoms with Gasteiger partial charge in [-0.05, 0) is 6.92 Å². The molecule has 0 atom stereocenters. The first-order valence-corrected chi connectivity index (χ1v) is 6.76. The third-order valence-electron chi connectivity index (χ3n) is 2.40. The molecule has 96 valence electrons. The van der Waals surface area contributed by atoms with Crippen LogP contribution in [0.5, 0.6) is 0 Å². The van der Waals surface area contributed by atoms with Crippen LogP contribution in [0.4, 0.5) is 5.82 Å². The van der Waals surface area contributed by atoms with Gasteiger partial charge >= 0.3 is 0 Å². The number of hydrogen-bond acceptors (Lipinski definition) is 5. The van der Waals surface area contributed by atoms with Gasteiger partial charge in [-0.15, -0.1) is 11.8 Å². The molecular formula is C12H21N3OS. The van der Waals surface area contributed by atoms with Gasteiger partial charge in [-0.2, -0.15) is 0 Å². The molecule has 0 aliphatic rings. The van der Waals surface area contributed by atoms with E-state index < -0.39 is 0 Å². The molecule has 1 aromatic rings. The maximum absolute atomic E-state index is 5.06. The van der Waals surface area contributed by atoms with E-state index in [0.717, 1.165) is 34.6 Å². The number of ether oxygens (including phenoxy) is 1. The number of aromatic nitrogens is 2. The standard InChI is InChI=1S/C12H21N3OS/c1-8(2)10-14-11(13-4)9(3)12(15-10)17-7-6-16-5/h8H,6-7H2,1-5H3,(H,13,14,15). The zero-order valence-electron chi connectivity index (χ0n) is 11.2. The molecule has 1 rings (SSSR count). The van der Waals surface area contributed by atoms with E-state index in [1.807, 2.05) is 14.0 Å². The van der Waals surface area contributed by atoms with E-state index in [4.69, 9.17) is 4.74 Å². The van der Waals surface area contributed by atoms with Gasteiger partial charge in [-0.25, -0.2) is 9.97 Å². The first kappa shape index (κ1) is 14.3. The molecule has 4 nitrogen and oxygen atoms in total. The van der Waals surface area contributed by atoms with Crippen molar-refractivity contribution in [1.82, 2.24) is 9.97 Å². The van der Waals surface area contributed by atoms with E-state index in [0.29, 0.717) is 5.92 Å². The van der Waals surface area contributed by atoms with Crippen molar-refractivity contribution in [3.05, 3.63) is 11.4 Å². The first-order chi connectivity index (χ1) is 8.10. The van der Waals surface area contributed by atoms with Gasteiger partial charge in [-0.1, -0.05) is 13.8 Å². The summed E-state index contributed by atoms with van der Waals surface area (Å²) < 4.78 is 5.06. The Morgan fingerprint density at radius 3 is 2.59 bits per heavy atom. The second kappa shape index (κ2) is 6.81. The van der Waals surface area contributed by atoms with Crippen LogP contribution in [0, 0.1) is 6.92 Å². The molecule has 17 heavy (non-hydrogen) atoms. The quantitative estimate of drug-likeness (QED) is 0.481. The van der Waals surface area contributed by atoms with E-state index >= 15 is 0 Å². The second-order valence-corrected chi connectivity index (χ2v) is 5.19. The number of nitrogens with one attached hydrogen (secondary N) is 1. The molecule has 0 unspecified atom stereocenters. The summed E-state index contributed by atoms with van der Waals surface area (Å²) in [7, 11) is 3.61. The van der Waals surface area contributed by atoms with Gasteiger partial charge in [0.05, 0.1) is 6.61 Å². The summed E-state index contributed by atoms with van der Waals surface area (Å²) in [6.07, 6.45) is 0. The van der Waals surface area contributed by atoms with Crippen molar-refractivity contribution in [3.8, 4) is 0 Å². The highest BCUT2D eigenvalue weighted by molar-refractivity contribution is 7.99. The zero-order chi connectivity index (χ0) is 12.8. The lowest BCUT2D eigenvalue weighted by atomic mass is 10.2. The number of anilines is 1. The van der Waals surface area contributed by atoms with Crippen LogP contribution in [0.2, 0.25) is 0 Å². The Bertz CT molecular complexity index is 369. The Hall–Kier alpha value is -0.810. The number of rotatable bonds is 6. The van der Waals surface area contributed by atoms with E-state index in [1.165, 1.54) is 0 Å². The predicted molar refractivity (Wildman–Crippen MR) is 73.0 cm³/mol. The lowest BCUT2D eigenvalue weighted by molar-refractivity contribution is 0.218. The summed E-state index contributed by atoms with van der Waals surface area (Å²) in [4.78, 5) is 9.12. The molecule has 0 amide bonds. The van der Waals surface area contributed by atoms with Crippen molar-refractivity contribution in [2.45, 2.75) is 31.7 Å². The molecule has 0 saturated carbocycles. The normalized spacial score (nSPS) is 10.9. The third kappa shape index (κ3) is 3.85. The Balaban J connectivity index is 2.96. The summed E-state index contributed by atoms with van der Waals surface area (Å²) in [6.45, 7) is 6.99. The van der Waals surface area contributed by atoms with Crippen LogP contribution in [-0.2, 0) is 4.74 Å². The summed E-state index contributed by atoms with van der Waals surface area (Å²) in [5.74, 6) is 3.06. The highest BCUT2D eigenvalue weighted by Crippen LogP contribution is 2.26. The fraction of sp³-hybridized carbons (Fsp3) is 0.667. The molecule has 0 aliphatic heterocycles. The zero-order valence-corrected chi connectivity index (χ0v) is 12.0. The summed E-state index contributed by atoms with van der Waals surface area (Å²) in [6, 6.07) is 0. The van der Waals surface area contributed by atoms with Gasteiger partial charge < -0.3 is 10.1 Å². The smallest absolute Gasteiger partial charge is 0.134 e. The predicted octanol–water partition coefficient (Wildman–Crippen LogP) is 2.69. The average Bonchev–Trinajstić information content (AvgIpc) is 2.31. The number of thioether (sulfide) groups is 1. The summed E-state index contributed by atoms with van der Waals surface area (Å²) >= 11 is 1.72. The minimum absolute atomic E-state index is 0.337. The topological polar surface area (TPSA) is 47.0 Å². The van der Waals surface area contributed by atoms with Crippen molar-refractivity contribution < 1.29 is 4.74 Å². The highest BCUT2D eigenvalue weighted by Gasteiger charge is 2.12. The molecule has 1 heterocycles. The summed E-state index contributed by atoms with van der Waals surface area (Å²) in [5, 5.41) is 4.17. The average molecular weight is 255 g/mol. The third-order valence-corrected chi connectivity index (χ3v) is 3.44. The Labute approximate surface area is 108 Å². The number of hydrogen-bond donors (Lipinski definition) is 1. The molecule has 0 saturated heterocycles. The van der Waals surface area contributed by atoms with Gasteiger partial charge in [0.2, 0.25) is 0 Å². The highest BCUT2D eigenvalue weighted by atomic mass is 32.2. The molecule has 0 aromatic carbocycles. The van der Waals surface area contributed by atoms with Crippen LogP contribution in [0.3, 0.4) is 0 Å². The molecule has 0 bridgehead atoms. The molecule has 0 fully saturated rings. The fourth-order valence-electron chi connectivity index (χ4n) is 1.38. The molecule has 0 radical (unpaired) electrons. The minimum atomic E-state index is 0.337. The lowest BCUT2D eigenvalue weighted by Crippen LogP contribution is -2.06. The van der Waals surface area contributed by atoms with Crippen LogP contribution >= 0.6 is 11.8 Å². The molecule has 5 heteroatoms. The molecule has 1 N–H and O–H groups in total. The lowest BCUT2D eigenvalue weighted by Gasteiger charge is -2.13. The van der Waals surface area contributed by atoms with Crippen molar-refractivity contribution in [2.75, 3.05) is 31.8 Å². The van der Waals surface area contributed by atoms with E-state index in [9.17, 15) is 0 Å². The van der Waals surface area contributed by atoms with Crippen molar-refractivity contribution in [3.63, 3.8) is 0 Å². The van der Waals surface area contributed by atoms with Gasteiger partial charge in [0.1, 0.15) is 16.7 Å². The molecule has 1 aromatic heterocycles. The van der Waals surface area contributed by atoms with Crippen LogP contribution in [0.15, 0.2) is 5.03 Å². The fourth-order valence-corrected chi connectivity index (χ4v) is 2.29. The van der Waals surface area contributed by atoms with Crippen LogP contribution in [-0.4, -0.2) is 36.5 Å². The van der Waals surface area contributed by atoms with Gasteiger partial charge in [-0.3, -0.25) is 0 Å². The minimum Gasteiger partial charge on any atom is -0.384 e. The van der Waals surface area contributed by atoms with Crippen LogP contribution in [0.25, 0.3) is 0 Å². The van der Waals surface area contributed by atoms with E-state index in [2.05, 4.69) is 29.1 Å². The molecule has 0 aliphatic carbocycles. The van der Waals surface area contributed by atoms with Crippen molar-refractivity contribution in [2.24, 2.45) is 0 Å². The number of nitrogens with zero attached hydrogens (tertiary/aromatic N) is 2. The largest absolute Gasteiger partial charge is 0.384 e. The SMILES string of the molecule is CNc1nc(C(C)C)nc(SCCOC)c1C. The first-order valence-electron chi connectivity index (χ1n) is 5.78. The number of methoxy groups -OCH3 is 1. The maximum atomic E-state index is 5.06. The molecule has 0 spiro atoms. The monoisotopic (exact) mass is 255 g/mol. The summed E-state index contributed by atoms with van der Waals surface area (Å²) in [5.41, 5.74) is 1.11.